The Morgan fingerprint density at radius 2 is 1.89 bits per heavy atom. The quantitative estimate of drug-likeness (QED) is 0.470. The smallest absolute Gasteiger partial charge is 0.322 e. The van der Waals surface area contributed by atoms with E-state index in [0.29, 0.717) is 25.3 Å². The second-order valence-corrected chi connectivity index (χ2v) is 7.53. The van der Waals surface area contributed by atoms with Crippen molar-refractivity contribution < 1.29 is 19.4 Å². The zero-order valence-corrected chi connectivity index (χ0v) is 18.2. The van der Waals surface area contributed by atoms with E-state index in [0.717, 1.165) is 17.8 Å². The molecule has 27 heavy (non-hydrogen) atoms. The van der Waals surface area contributed by atoms with Crippen molar-refractivity contribution in [3.63, 3.8) is 0 Å². The Balaban J connectivity index is 2.15. The molecular weight excluding hydrogens is 503 g/mol. The summed E-state index contributed by atoms with van der Waals surface area (Å²) in [5, 5.41) is 14.7. The fourth-order valence-corrected chi connectivity index (χ4v) is 3.92. The molecule has 0 bridgehead atoms. The Labute approximate surface area is 178 Å². The number of halogens is 3. The van der Waals surface area contributed by atoms with Gasteiger partial charge in [0.25, 0.3) is 5.91 Å². The summed E-state index contributed by atoms with van der Waals surface area (Å²) in [5.74, 6) is -1.10. The molecule has 0 radical (unpaired) electrons. The summed E-state index contributed by atoms with van der Waals surface area (Å²) < 4.78 is 6.97. The maximum absolute atomic E-state index is 12.0. The minimum atomic E-state index is -1.11. The lowest BCUT2D eigenvalue weighted by atomic mass is 10.2. The number of ether oxygens (including phenoxy) is 1. The molecule has 0 aliphatic rings. The highest BCUT2D eigenvalue weighted by Gasteiger charge is 2.15. The number of aliphatic carboxylic acids is 1. The molecule has 0 saturated heterocycles. The fraction of sp³-hybridized carbons (Fsp3) is 0.222. The molecule has 3 N–H and O–H groups in total. The van der Waals surface area contributed by atoms with E-state index in [1.807, 2.05) is 25.1 Å². The van der Waals surface area contributed by atoms with Gasteiger partial charge in [-0.15, -0.1) is 0 Å². The van der Waals surface area contributed by atoms with Gasteiger partial charge in [0.1, 0.15) is 18.9 Å². The van der Waals surface area contributed by atoms with E-state index < -0.39 is 18.4 Å². The second kappa shape index (κ2) is 9.96. The Hall–Kier alpha value is -1.77. The van der Waals surface area contributed by atoms with Crippen molar-refractivity contribution >= 4 is 61.0 Å². The highest BCUT2D eigenvalue weighted by Crippen LogP contribution is 2.36. The summed E-state index contributed by atoms with van der Waals surface area (Å²) in [6.07, 6.45) is 0. The van der Waals surface area contributed by atoms with E-state index in [4.69, 9.17) is 21.4 Å². The Bertz CT molecular complexity index is 838. The van der Waals surface area contributed by atoms with E-state index in [1.54, 1.807) is 12.1 Å². The van der Waals surface area contributed by atoms with Crippen LogP contribution >= 0.6 is 43.5 Å². The summed E-state index contributed by atoms with van der Waals surface area (Å²) in [5.41, 5.74) is 1.95. The largest absolute Gasteiger partial charge is 0.486 e. The standard InChI is InChI=1S/C18H17Br2ClN2O4/c1-2-22-14-5-3-4-10(16(14)21)9-27-17-12(19)6-11(7-13(17)20)18(26)23-8-15(24)25/h3-7,22H,2,8-9H2,1H3,(H,23,26)(H,24,25). The first-order valence-corrected chi connectivity index (χ1v) is 9.93. The third-order valence-corrected chi connectivity index (χ3v) is 5.10. The first-order chi connectivity index (χ1) is 12.8. The zero-order valence-electron chi connectivity index (χ0n) is 14.3. The molecule has 0 atom stereocenters. The van der Waals surface area contributed by atoms with Crippen molar-refractivity contribution in [3.05, 3.63) is 55.4 Å². The molecule has 0 saturated carbocycles. The number of carboxylic acids is 1. The maximum Gasteiger partial charge on any atom is 0.322 e. The van der Waals surface area contributed by atoms with Crippen molar-refractivity contribution in [2.75, 3.05) is 18.4 Å². The number of carbonyl (C=O) groups is 2. The number of amides is 1. The Morgan fingerprint density at radius 3 is 2.48 bits per heavy atom. The predicted molar refractivity (Wildman–Crippen MR) is 112 cm³/mol. The van der Waals surface area contributed by atoms with Crippen molar-refractivity contribution in [2.24, 2.45) is 0 Å². The normalized spacial score (nSPS) is 10.4. The SMILES string of the molecule is CCNc1cccc(COc2c(Br)cc(C(=O)NCC(=O)O)cc2Br)c1Cl. The van der Waals surface area contributed by atoms with Gasteiger partial charge in [-0.1, -0.05) is 23.7 Å². The lowest BCUT2D eigenvalue weighted by Gasteiger charge is -2.14. The molecule has 2 aromatic carbocycles. The van der Waals surface area contributed by atoms with E-state index in [2.05, 4.69) is 42.5 Å². The summed E-state index contributed by atoms with van der Waals surface area (Å²) in [6, 6.07) is 8.79. The van der Waals surface area contributed by atoms with Crippen LogP contribution in [0.5, 0.6) is 5.75 Å². The number of hydrogen-bond acceptors (Lipinski definition) is 4. The molecule has 6 nitrogen and oxygen atoms in total. The second-order valence-electron chi connectivity index (χ2n) is 5.44. The number of rotatable bonds is 8. The van der Waals surface area contributed by atoms with Gasteiger partial charge in [0.05, 0.1) is 19.7 Å². The first-order valence-electron chi connectivity index (χ1n) is 7.96. The predicted octanol–water partition coefficient (Wildman–Crippen LogP) is 4.69. The highest BCUT2D eigenvalue weighted by molar-refractivity contribution is 9.11. The van der Waals surface area contributed by atoms with Crippen LogP contribution < -0.4 is 15.4 Å². The third-order valence-electron chi connectivity index (χ3n) is 3.48. The number of carbonyl (C=O) groups excluding carboxylic acids is 1. The van der Waals surface area contributed by atoms with Crippen LogP contribution in [0.2, 0.25) is 5.02 Å². The van der Waals surface area contributed by atoms with Crippen LogP contribution in [0.1, 0.15) is 22.8 Å². The van der Waals surface area contributed by atoms with Gasteiger partial charge in [-0.05, 0) is 57.0 Å². The molecule has 0 unspecified atom stereocenters. The van der Waals surface area contributed by atoms with Crippen molar-refractivity contribution in [2.45, 2.75) is 13.5 Å². The molecule has 0 spiro atoms. The summed E-state index contributed by atoms with van der Waals surface area (Å²) >= 11 is 13.2. The summed E-state index contributed by atoms with van der Waals surface area (Å²) in [6.45, 7) is 2.53. The molecule has 9 heteroatoms. The molecule has 1 amide bonds. The van der Waals surface area contributed by atoms with Gasteiger partial charge in [-0.3, -0.25) is 9.59 Å². The number of hydrogen-bond donors (Lipinski definition) is 3. The third kappa shape index (κ3) is 5.85. The maximum atomic E-state index is 12.0. The average Bonchev–Trinajstić information content (AvgIpc) is 2.61. The van der Waals surface area contributed by atoms with Gasteiger partial charge < -0.3 is 20.5 Å². The minimum Gasteiger partial charge on any atom is -0.486 e. The molecule has 0 aromatic heterocycles. The van der Waals surface area contributed by atoms with Gasteiger partial charge in [0.15, 0.2) is 0 Å². The lowest BCUT2D eigenvalue weighted by molar-refractivity contribution is -0.135. The molecule has 144 valence electrons. The van der Waals surface area contributed by atoms with Crippen LogP contribution in [-0.2, 0) is 11.4 Å². The van der Waals surface area contributed by atoms with E-state index in [1.165, 1.54) is 0 Å². The van der Waals surface area contributed by atoms with Gasteiger partial charge >= 0.3 is 5.97 Å². The minimum absolute atomic E-state index is 0.236. The number of nitrogens with one attached hydrogen (secondary N) is 2. The van der Waals surface area contributed by atoms with Crippen molar-refractivity contribution in [1.82, 2.24) is 5.32 Å². The van der Waals surface area contributed by atoms with Crippen LogP contribution in [0.15, 0.2) is 39.3 Å². The molecule has 0 fully saturated rings. The zero-order chi connectivity index (χ0) is 20.0. The van der Waals surface area contributed by atoms with Crippen molar-refractivity contribution in [3.8, 4) is 5.75 Å². The molecular formula is C18H17Br2ClN2O4. The fourth-order valence-electron chi connectivity index (χ4n) is 2.25. The van der Waals surface area contributed by atoms with Crippen LogP contribution in [0.25, 0.3) is 0 Å². The molecule has 2 rings (SSSR count). The number of benzene rings is 2. The van der Waals surface area contributed by atoms with Gasteiger partial charge in [-0.25, -0.2) is 0 Å². The van der Waals surface area contributed by atoms with Gasteiger partial charge in [0.2, 0.25) is 0 Å². The van der Waals surface area contributed by atoms with Crippen LogP contribution in [0.3, 0.4) is 0 Å². The van der Waals surface area contributed by atoms with E-state index in [-0.39, 0.29) is 6.61 Å². The Kier molecular flexibility index (Phi) is 7.94. The summed E-state index contributed by atoms with van der Waals surface area (Å²) in [4.78, 5) is 22.6. The van der Waals surface area contributed by atoms with Crippen molar-refractivity contribution in [1.29, 1.82) is 0 Å². The molecule has 0 aliphatic heterocycles. The van der Waals surface area contributed by atoms with Crippen LogP contribution in [-0.4, -0.2) is 30.1 Å². The lowest BCUT2D eigenvalue weighted by Crippen LogP contribution is -2.29. The highest BCUT2D eigenvalue weighted by atomic mass is 79.9. The van der Waals surface area contributed by atoms with Crippen LogP contribution in [0.4, 0.5) is 5.69 Å². The number of anilines is 1. The monoisotopic (exact) mass is 518 g/mol. The number of carboxylic acid groups (broad SMARTS) is 1. The molecule has 0 heterocycles. The van der Waals surface area contributed by atoms with Crippen LogP contribution in [0, 0.1) is 0 Å². The Morgan fingerprint density at radius 1 is 1.22 bits per heavy atom. The van der Waals surface area contributed by atoms with E-state index >= 15 is 0 Å². The summed E-state index contributed by atoms with van der Waals surface area (Å²) in [7, 11) is 0. The topological polar surface area (TPSA) is 87.7 Å². The molecule has 2 aromatic rings. The van der Waals surface area contributed by atoms with Gasteiger partial charge in [-0.2, -0.15) is 0 Å². The van der Waals surface area contributed by atoms with E-state index in [9.17, 15) is 9.59 Å². The first kappa shape index (κ1) is 21.5. The molecule has 0 aliphatic carbocycles. The average molecular weight is 521 g/mol. The van der Waals surface area contributed by atoms with Gasteiger partial charge in [0, 0.05) is 17.7 Å².